The fourth-order valence-electron chi connectivity index (χ4n) is 5.48. The molecule has 4 N–H and O–H groups in total. The van der Waals surface area contributed by atoms with Gasteiger partial charge in [-0.05, 0) is 58.7 Å². The first-order chi connectivity index (χ1) is 22.3. The lowest BCUT2D eigenvalue weighted by atomic mass is 10.0. The number of hydrogen-bond acceptors (Lipinski definition) is 7. The maximum Gasteiger partial charge on any atom is 0.209 e. The maximum atomic E-state index is 14.6. The molecule has 0 bridgehead atoms. The van der Waals surface area contributed by atoms with Crippen molar-refractivity contribution < 1.29 is 12.8 Å². The standard InChI is InChI=1S/C34H29FN8O2S/c1-46(44,45)40-16-22-7-24(10-26(35)9-22)29-18-38-19-32-27(29)11-31(41-32)34-28-12-30(39-20-33(28)42-43-34)25-8-23(15-37-17-25)14-36-13-21-5-3-2-4-6-21/h2-12,15,17-20,36,40-41H,13-14,16H2,1H3,(H,42,43). The number of pyridine rings is 3. The van der Waals surface area contributed by atoms with E-state index < -0.39 is 15.8 Å². The van der Waals surface area contributed by atoms with Crippen LogP contribution in [0.25, 0.3) is 55.6 Å². The number of H-pyrrole nitrogens is 2. The Morgan fingerprint density at radius 3 is 2.41 bits per heavy atom. The summed E-state index contributed by atoms with van der Waals surface area (Å²) in [4.78, 5) is 16.9. The first-order valence-electron chi connectivity index (χ1n) is 14.5. The minimum Gasteiger partial charge on any atom is -0.352 e. The van der Waals surface area contributed by atoms with Crippen LogP contribution in [-0.4, -0.2) is 44.8 Å². The van der Waals surface area contributed by atoms with E-state index in [0.29, 0.717) is 28.9 Å². The molecule has 5 aromatic heterocycles. The Morgan fingerprint density at radius 2 is 1.57 bits per heavy atom. The first kappa shape index (κ1) is 29.4. The van der Waals surface area contributed by atoms with Crippen LogP contribution in [0.4, 0.5) is 4.39 Å². The predicted molar refractivity (Wildman–Crippen MR) is 176 cm³/mol. The summed E-state index contributed by atoms with van der Waals surface area (Å²) in [7, 11) is -3.43. The molecule has 0 aliphatic heterocycles. The van der Waals surface area contributed by atoms with Crippen LogP contribution in [0.2, 0.25) is 0 Å². The SMILES string of the molecule is CS(=O)(=O)NCc1cc(F)cc(-c2cncc3[nH]c(-c4n[nH]c5cnc(-c6cncc(CNCc7ccccc7)c6)cc45)cc23)c1. The lowest BCUT2D eigenvalue weighted by molar-refractivity contribution is 0.586. The van der Waals surface area contributed by atoms with Crippen molar-refractivity contribution in [2.45, 2.75) is 19.6 Å². The number of hydrogen-bond donors (Lipinski definition) is 4. The highest BCUT2D eigenvalue weighted by Gasteiger charge is 2.16. The van der Waals surface area contributed by atoms with E-state index in [9.17, 15) is 12.8 Å². The summed E-state index contributed by atoms with van der Waals surface area (Å²) in [6.45, 7) is 1.40. The van der Waals surface area contributed by atoms with Gasteiger partial charge in [-0.1, -0.05) is 30.3 Å². The second-order valence-corrected chi connectivity index (χ2v) is 13.0. The summed E-state index contributed by atoms with van der Waals surface area (Å²) in [5, 5.41) is 12.8. The first-order valence-corrected chi connectivity index (χ1v) is 16.4. The molecule has 2 aromatic carbocycles. The van der Waals surface area contributed by atoms with Gasteiger partial charge < -0.3 is 10.3 Å². The lowest BCUT2D eigenvalue weighted by Gasteiger charge is -2.08. The van der Waals surface area contributed by atoms with Crippen molar-refractivity contribution in [3.63, 3.8) is 0 Å². The fourth-order valence-corrected chi connectivity index (χ4v) is 5.91. The predicted octanol–water partition coefficient (Wildman–Crippen LogP) is 5.71. The van der Waals surface area contributed by atoms with E-state index in [1.165, 1.54) is 17.7 Å². The van der Waals surface area contributed by atoms with E-state index in [2.05, 4.69) is 58.4 Å². The Morgan fingerprint density at radius 1 is 0.761 bits per heavy atom. The van der Waals surface area contributed by atoms with Gasteiger partial charge in [-0.3, -0.25) is 20.1 Å². The molecule has 230 valence electrons. The maximum absolute atomic E-state index is 14.6. The Kier molecular flexibility index (Phi) is 7.83. The van der Waals surface area contributed by atoms with Gasteiger partial charge >= 0.3 is 0 Å². The topological polar surface area (TPSA) is 141 Å². The van der Waals surface area contributed by atoms with Crippen molar-refractivity contribution in [3.8, 4) is 33.8 Å². The number of sulfonamides is 1. The molecule has 5 heterocycles. The molecule has 0 fully saturated rings. The van der Waals surface area contributed by atoms with Crippen molar-refractivity contribution in [1.29, 1.82) is 0 Å². The normalized spacial score (nSPS) is 11.9. The highest BCUT2D eigenvalue weighted by molar-refractivity contribution is 7.88. The van der Waals surface area contributed by atoms with Gasteiger partial charge in [0.25, 0.3) is 0 Å². The Bertz CT molecular complexity index is 2300. The van der Waals surface area contributed by atoms with Crippen LogP contribution in [0.15, 0.2) is 97.7 Å². The van der Waals surface area contributed by atoms with Gasteiger partial charge in [-0.2, -0.15) is 5.10 Å². The average molecular weight is 633 g/mol. The molecule has 0 amide bonds. The van der Waals surface area contributed by atoms with Crippen molar-refractivity contribution in [2.24, 2.45) is 0 Å². The molecule has 0 radical (unpaired) electrons. The number of nitrogens with one attached hydrogen (secondary N) is 4. The van der Waals surface area contributed by atoms with Gasteiger partial charge in [0.1, 0.15) is 11.5 Å². The van der Waals surface area contributed by atoms with E-state index in [1.54, 1.807) is 30.9 Å². The zero-order chi connectivity index (χ0) is 31.7. The smallest absolute Gasteiger partial charge is 0.209 e. The molecule has 12 heteroatoms. The molecule has 7 rings (SSSR count). The minimum absolute atomic E-state index is 0.0242. The molecule has 0 saturated carbocycles. The van der Waals surface area contributed by atoms with Crippen molar-refractivity contribution in [1.82, 2.24) is 40.2 Å². The number of fused-ring (bicyclic) bond motifs is 2. The minimum atomic E-state index is -3.43. The van der Waals surface area contributed by atoms with E-state index in [4.69, 9.17) is 0 Å². The van der Waals surface area contributed by atoms with Gasteiger partial charge in [-0.15, -0.1) is 0 Å². The van der Waals surface area contributed by atoms with Gasteiger partial charge in [0.2, 0.25) is 10.0 Å². The van der Waals surface area contributed by atoms with Crippen LogP contribution >= 0.6 is 0 Å². The lowest BCUT2D eigenvalue weighted by Crippen LogP contribution is -2.21. The number of aromatic amines is 2. The molecule has 7 aromatic rings. The third-order valence-electron chi connectivity index (χ3n) is 7.65. The average Bonchev–Trinajstić information content (AvgIpc) is 3.68. The van der Waals surface area contributed by atoms with E-state index in [1.807, 2.05) is 36.5 Å². The quantitative estimate of drug-likeness (QED) is 0.151. The third kappa shape index (κ3) is 6.40. The van der Waals surface area contributed by atoms with Gasteiger partial charge in [0, 0.05) is 60.1 Å². The summed E-state index contributed by atoms with van der Waals surface area (Å²) in [6, 6.07) is 20.8. The second-order valence-electron chi connectivity index (χ2n) is 11.1. The van der Waals surface area contributed by atoms with Crippen LogP contribution in [-0.2, 0) is 29.7 Å². The molecular formula is C34H29FN8O2S. The van der Waals surface area contributed by atoms with Crippen LogP contribution in [0.5, 0.6) is 0 Å². The van der Waals surface area contributed by atoms with Crippen LogP contribution in [0.3, 0.4) is 0 Å². The summed E-state index contributed by atoms with van der Waals surface area (Å²) >= 11 is 0. The van der Waals surface area contributed by atoms with Crippen LogP contribution < -0.4 is 10.0 Å². The zero-order valence-electron chi connectivity index (χ0n) is 24.8. The van der Waals surface area contributed by atoms with Crippen LogP contribution in [0, 0.1) is 5.82 Å². The number of nitrogens with zero attached hydrogens (tertiary/aromatic N) is 4. The number of halogens is 1. The largest absolute Gasteiger partial charge is 0.352 e. The Hall–Kier alpha value is -5.30. The highest BCUT2D eigenvalue weighted by atomic mass is 32.2. The van der Waals surface area contributed by atoms with Gasteiger partial charge in [0.15, 0.2) is 0 Å². The third-order valence-corrected chi connectivity index (χ3v) is 8.32. The second kappa shape index (κ2) is 12.2. The molecule has 0 unspecified atom stereocenters. The summed E-state index contributed by atoms with van der Waals surface area (Å²) in [6.07, 6.45) is 9.85. The highest BCUT2D eigenvalue weighted by Crippen LogP contribution is 2.35. The van der Waals surface area contributed by atoms with Crippen molar-refractivity contribution in [3.05, 3.63) is 120 Å². The fraction of sp³-hybridized carbons (Fsp3) is 0.118. The summed E-state index contributed by atoms with van der Waals surface area (Å²) < 4.78 is 40.2. The summed E-state index contributed by atoms with van der Waals surface area (Å²) in [5.41, 5.74) is 8.67. The molecule has 46 heavy (non-hydrogen) atoms. The molecule has 0 aliphatic carbocycles. The molecule has 0 atom stereocenters. The molecular weight excluding hydrogens is 603 g/mol. The molecule has 0 aliphatic rings. The van der Waals surface area contributed by atoms with E-state index >= 15 is 0 Å². The Balaban J connectivity index is 1.19. The number of aromatic nitrogens is 6. The van der Waals surface area contributed by atoms with Gasteiger partial charge in [-0.25, -0.2) is 17.5 Å². The zero-order valence-corrected chi connectivity index (χ0v) is 25.6. The van der Waals surface area contributed by atoms with Crippen LogP contribution in [0.1, 0.15) is 16.7 Å². The molecule has 0 spiro atoms. The van der Waals surface area contributed by atoms with Crippen molar-refractivity contribution >= 4 is 31.8 Å². The Labute approximate surface area is 264 Å². The van der Waals surface area contributed by atoms with E-state index in [-0.39, 0.29) is 6.54 Å². The molecule has 10 nitrogen and oxygen atoms in total. The van der Waals surface area contributed by atoms with Gasteiger partial charge in [0.05, 0.1) is 41.1 Å². The number of rotatable bonds is 10. The van der Waals surface area contributed by atoms with E-state index in [0.717, 1.165) is 57.1 Å². The monoisotopic (exact) mass is 632 g/mol. The van der Waals surface area contributed by atoms with Crippen molar-refractivity contribution in [2.75, 3.05) is 6.26 Å². The molecule has 0 saturated heterocycles. The number of benzene rings is 2. The summed E-state index contributed by atoms with van der Waals surface area (Å²) in [5.74, 6) is -0.473.